The molecule has 2 atom stereocenters. The minimum atomic E-state index is -1.77. The van der Waals surface area contributed by atoms with Gasteiger partial charge in [-0.2, -0.15) is 0 Å². The number of ether oxygens (including phenoxy) is 2. The molecule has 1 aromatic rings. The molecule has 0 aliphatic heterocycles. The first-order valence-corrected chi connectivity index (χ1v) is 12.7. The third-order valence-electron chi connectivity index (χ3n) is 6.03. The molecule has 0 aromatic heterocycles. The molecule has 1 saturated carbocycles. The highest BCUT2D eigenvalue weighted by Crippen LogP contribution is 2.39. The smallest absolute Gasteiger partial charge is 0.192 e. The standard InChI is InChI=1S/C21H37NO3Si/c1-21(2,3)26(6,7)25-20-12-9-8-11-17(20)22-15-16-18(23-4)13-10-14-19(16)24-5/h10,13-14,17,20,22H,8-9,11-12,15H2,1-7H3/t17-,20-/m0/s1. The molecule has 0 radical (unpaired) electrons. The van der Waals surface area contributed by atoms with Gasteiger partial charge in [0.15, 0.2) is 8.32 Å². The summed E-state index contributed by atoms with van der Waals surface area (Å²) in [4.78, 5) is 0. The van der Waals surface area contributed by atoms with Crippen molar-refractivity contribution in [3.05, 3.63) is 23.8 Å². The molecule has 0 heterocycles. The molecule has 1 aliphatic rings. The van der Waals surface area contributed by atoms with Gasteiger partial charge in [0.2, 0.25) is 0 Å². The monoisotopic (exact) mass is 379 g/mol. The number of rotatable bonds is 7. The predicted octanol–water partition coefficient (Wildman–Crippen LogP) is 5.13. The Kier molecular flexibility index (Phi) is 7.17. The van der Waals surface area contributed by atoms with Gasteiger partial charge in [-0.1, -0.05) is 39.7 Å². The molecular formula is C21H37NO3Si. The van der Waals surface area contributed by atoms with Gasteiger partial charge in [-0.3, -0.25) is 0 Å². The van der Waals surface area contributed by atoms with E-state index in [0.29, 0.717) is 12.1 Å². The molecule has 0 unspecified atom stereocenters. The molecule has 2 rings (SSSR count). The normalized spacial score (nSPS) is 21.5. The highest BCUT2D eigenvalue weighted by molar-refractivity contribution is 6.74. The lowest BCUT2D eigenvalue weighted by Crippen LogP contribution is -2.51. The van der Waals surface area contributed by atoms with Crippen LogP contribution in [0.4, 0.5) is 0 Å². The molecule has 1 N–H and O–H groups in total. The zero-order chi connectivity index (χ0) is 19.4. The highest BCUT2D eigenvalue weighted by atomic mass is 28.4. The zero-order valence-electron chi connectivity index (χ0n) is 17.6. The van der Waals surface area contributed by atoms with Crippen molar-refractivity contribution in [3.8, 4) is 11.5 Å². The van der Waals surface area contributed by atoms with Crippen molar-refractivity contribution in [2.24, 2.45) is 0 Å². The Labute approximate surface area is 160 Å². The Balaban J connectivity index is 2.10. The highest BCUT2D eigenvalue weighted by Gasteiger charge is 2.41. The molecule has 0 bridgehead atoms. The lowest BCUT2D eigenvalue weighted by atomic mass is 9.92. The fourth-order valence-electron chi connectivity index (χ4n) is 3.36. The summed E-state index contributed by atoms with van der Waals surface area (Å²) in [7, 11) is 1.65. The van der Waals surface area contributed by atoms with E-state index in [-0.39, 0.29) is 5.04 Å². The second-order valence-corrected chi connectivity index (χ2v) is 13.6. The van der Waals surface area contributed by atoms with E-state index in [1.165, 1.54) is 12.8 Å². The van der Waals surface area contributed by atoms with Crippen LogP contribution in [0.1, 0.15) is 52.0 Å². The maximum absolute atomic E-state index is 6.77. The van der Waals surface area contributed by atoms with Gasteiger partial charge < -0.3 is 19.2 Å². The molecule has 5 heteroatoms. The summed E-state index contributed by atoms with van der Waals surface area (Å²) in [5.74, 6) is 1.74. The van der Waals surface area contributed by atoms with Crippen LogP contribution in [0.2, 0.25) is 18.1 Å². The second kappa shape index (κ2) is 8.76. The molecule has 4 nitrogen and oxygen atoms in total. The van der Waals surface area contributed by atoms with E-state index in [1.54, 1.807) is 14.2 Å². The number of hydrogen-bond donors (Lipinski definition) is 1. The van der Waals surface area contributed by atoms with Gasteiger partial charge in [-0.05, 0) is 43.1 Å². The van der Waals surface area contributed by atoms with Crippen LogP contribution in [0.3, 0.4) is 0 Å². The van der Waals surface area contributed by atoms with E-state index in [1.807, 2.05) is 18.2 Å². The van der Waals surface area contributed by atoms with E-state index in [9.17, 15) is 0 Å². The number of nitrogens with one attached hydrogen (secondary N) is 1. The molecule has 0 amide bonds. The quantitative estimate of drug-likeness (QED) is 0.667. The van der Waals surface area contributed by atoms with Gasteiger partial charge in [0.25, 0.3) is 0 Å². The predicted molar refractivity (Wildman–Crippen MR) is 111 cm³/mol. The van der Waals surface area contributed by atoms with Gasteiger partial charge in [0, 0.05) is 18.2 Å². The summed E-state index contributed by atoms with van der Waals surface area (Å²) in [5.41, 5.74) is 1.08. The first kappa shape index (κ1) is 21.3. The third-order valence-corrected chi connectivity index (χ3v) is 10.5. The van der Waals surface area contributed by atoms with E-state index in [4.69, 9.17) is 13.9 Å². The van der Waals surface area contributed by atoms with Crippen molar-refractivity contribution in [3.63, 3.8) is 0 Å². The number of methoxy groups -OCH3 is 2. The Morgan fingerprint density at radius 1 is 1.04 bits per heavy atom. The zero-order valence-corrected chi connectivity index (χ0v) is 18.6. The van der Waals surface area contributed by atoms with Crippen LogP contribution in [-0.2, 0) is 11.0 Å². The number of benzene rings is 1. The SMILES string of the molecule is COc1cccc(OC)c1CN[C@H]1CCCC[C@@H]1O[Si](C)(C)C(C)(C)C. The summed E-state index contributed by atoms with van der Waals surface area (Å²) in [6, 6.07) is 6.33. The third kappa shape index (κ3) is 5.02. The summed E-state index contributed by atoms with van der Waals surface area (Å²) in [5, 5.41) is 3.99. The van der Waals surface area contributed by atoms with Crippen molar-refractivity contribution >= 4 is 8.32 Å². The van der Waals surface area contributed by atoms with Crippen LogP contribution in [0.15, 0.2) is 18.2 Å². The second-order valence-electron chi connectivity index (χ2n) is 8.83. The van der Waals surface area contributed by atoms with E-state index < -0.39 is 8.32 Å². The number of hydrogen-bond acceptors (Lipinski definition) is 4. The maximum Gasteiger partial charge on any atom is 0.192 e. The van der Waals surface area contributed by atoms with Crippen LogP contribution in [0.5, 0.6) is 11.5 Å². The molecule has 0 saturated heterocycles. The van der Waals surface area contributed by atoms with Gasteiger partial charge in [-0.25, -0.2) is 0 Å². The average Bonchev–Trinajstić information content (AvgIpc) is 2.59. The van der Waals surface area contributed by atoms with E-state index >= 15 is 0 Å². The molecule has 148 valence electrons. The molecule has 0 spiro atoms. The van der Waals surface area contributed by atoms with Gasteiger partial charge >= 0.3 is 0 Å². The van der Waals surface area contributed by atoms with E-state index in [0.717, 1.165) is 36.4 Å². The summed E-state index contributed by atoms with van der Waals surface area (Å²) in [6.07, 6.45) is 5.13. The summed E-state index contributed by atoms with van der Waals surface area (Å²) in [6.45, 7) is 12.4. The Morgan fingerprint density at radius 2 is 1.62 bits per heavy atom. The molecule has 1 aromatic carbocycles. The minimum absolute atomic E-state index is 0.237. The first-order valence-electron chi connectivity index (χ1n) is 9.80. The summed E-state index contributed by atoms with van der Waals surface area (Å²) >= 11 is 0. The summed E-state index contributed by atoms with van der Waals surface area (Å²) < 4.78 is 17.8. The Hall–Kier alpha value is -1.04. The van der Waals surface area contributed by atoms with Crippen molar-refractivity contribution < 1.29 is 13.9 Å². The average molecular weight is 380 g/mol. The molecule has 26 heavy (non-hydrogen) atoms. The van der Waals surface area contributed by atoms with Gasteiger partial charge in [0.05, 0.1) is 20.3 Å². The molecule has 1 aliphatic carbocycles. The van der Waals surface area contributed by atoms with Gasteiger partial charge in [0.1, 0.15) is 11.5 Å². The van der Waals surface area contributed by atoms with Crippen molar-refractivity contribution in [2.75, 3.05) is 14.2 Å². The lowest BCUT2D eigenvalue weighted by Gasteiger charge is -2.43. The lowest BCUT2D eigenvalue weighted by molar-refractivity contribution is 0.0985. The molecular weight excluding hydrogens is 342 g/mol. The van der Waals surface area contributed by atoms with Crippen LogP contribution >= 0.6 is 0 Å². The van der Waals surface area contributed by atoms with Crippen LogP contribution in [0, 0.1) is 0 Å². The van der Waals surface area contributed by atoms with Gasteiger partial charge in [-0.15, -0.1) is 0 Å². The van der Waals surface area contributed by atoms with E-state index in [2.05, 4.69) is 39.2 Å². The fraction of sp³-hybridized carbons (Fsp3) is 0.714. The van der Waals surface area contributed by atoms with Crippen molar-refractivity contribution in [1.82, 2.24) is 5.32 Å². The Morgan fingerprint density at radius 3 is 2.15 bits per heavy atom. The maximum atomic E-state index is 6.77. The van der Waals surface area contributed by atoms with Crippen molar-refractivity contribution in [2.45, 2.75) is 83.3 Å². The Bertz CT molecular complexity index is 561. The topological polar surface area (TPSA) is 39.7 Å². The van der Waals surface area contributed by atoms with Crippen LogP contribution in [-0.4, -0.2) is 34.7 Å². The van der Waals surface area contributed by atoms with Crippen LogP contribution < -0.4 is 14.8 Å². The molecule has 1 fully saturated rings. The first-order chi connectivity index (χ1) is 12.2. The minimum Gasteiger partial charge on any atom is -0.496 e. The largest absolute Gasteiger partial charge is 0.496 e. The fourth-order valence-corrected chi connectivity index (χ4v) is 4.75. The van der Waals surface area contributed by atoms with Crippen molar-refractivity contribution in [1.29, 1.82) is 0 Å². The van der Waals surface area contributed by atoms with Crippen LogP contribution in [0.25, 0.3) is 0 Å².